The van der Waals surface area contributed by atoms with Gasteiger partial charge in [0.05, 0.1) is 11.3 Å². The maximum atomic E-state index is 12.9. The molecule has 1 unspecified atom stereocenters. The number of aliphatic hydroxyl groups is 1. The molecule has 1 saturated carbocycles. The highest BCUT2D eigenvalue weighted by atomic mass is 16.3. The zero-order chi connectivity index (χ0) is 15.3. The van der Waals surface area contributed by atoms with Gasteiger partial charge in [0.1, 0.15) is 0 Å². The van der Waals surface area contributed by atoms with E-state index in [1.807, 2.05) is 59.1 Å². The SMILES string of the molecule is Cn1ccc(C(=O)N2C[C@@H]3C(CO)[C@@H]3C2)c1-c1ccccc1. The van der Waals surface area contributed by atoms with Crippen molar-refractivity contribution in [1.29, 1.82) is 0 Å². The van der Waals surface area contributed by atoms with E-state index in [1.165, 1.54) is 0 Å². The first kappa shape index (κ1) is 13.6. The zero-order valence-corrected chi connectivity index (χ0v) is 12.6. The smallest absolute Gasteiger partial charge is 0.256 e. The number of hydrogen-bond acceptors (Lipinski definition) is 2. The van der Waals surface area contributed by atoms with Gasteiger partial charge >= 0.3 is 0 Å². The van der Waals surface area contributed by atoms with Crippen LogP contribution in [0, 0.1) is 17.8 Å². The van der Waals surface area contributed by atoms with Gasteiger partial charge in [-0.3, -0.25) is 4.79 Å². The highest BCUT2D eigenvalue weighted by Gasteiger charge is 2.56. The van der Waals surface area contributed by atoms with Crippen molar-refractivity contribution in [3.05, 3.63) is 48.2 Å². The maximum absolute atomic E-state index is 12.9. The Morgan fingerprint density at radius 1 is 1.18 bits per heavy atom. The minimum Gasteiger partial charge on any atom is -0.396 e. The Kier molecular flexibility index (Phi) is 3.08. The number of amides is 1. The Labute approximate surface area is 130 Å². The summed E-state index contributed by atoms with van der Waals surface area (Å²) in [7, 11) is 1.97. The summed E-state index contributed by atoms with van der Waals surface area (Å²) in [6.07, 6.45) is 1.95. The molecule has 1 N–H and O–H groups in total. The molecule has 1 aliphatic heterocycles. The molecule has 2 aromatic rings. The number of aliphatic hydroxyl groups excluding tert-OH is 1. The molecule has 22 heavy (non-hydrogen) atoms. The van der Waals surface area contributed by atoms with Gasteiger partial charge in [0, 0.05) is 32.9 Å². The molecular weight excluding hydrogens is 276 g/mol. The number of piperidine rings is 1. The van der Waals surface area contributed by atoms with E-state index in [2.05, 4.69) is 0 Å². The number of likely N-dealkylation sites (tertiary alicyclic amines) is 1. The summed E-state index contributed by atoms with van der Waals surface area (Å²) in [5.41, 5.74) is 2.82. The molecule has 1 aliphatic carbocycles. The first-order valence-electron chi connectivity index (χ1n) is 7.81. The molecular formula is C18H20N2O2. The molecule has 1 aromatic heterocycles. The zero-order valence-electron chi connectivity index (χ0n) is 12.6. The second-order valence-corrected chi connectivity index (χ2v) is 6.44. The average molecular weight is 296 g/mol. The molecule has 114 valence electrons. The van der Waals surface area contributed by atoms with E-state index in [0.29, 0.717) is 17.8 Å². The lowest BCUT2D eigenvalue weighted by Gasteiger charge is -2.20. The van der Waals surface area contributed by atoms with Crippen molar-refractivity contribution in [2.75, 3.05) is 19.7 Å². The van der Waals surface area contributed by atoms with Crippen LogP contribution in [0.4, 0.5) is 0 Å². The van der Waals surface area contributed by atoms with Crippen LogP contribution in [-0.2, 0) is 7.05 Å². The molecule has 4 nitrogen and oxygen atoms in total. The Morgan fingerprint density at radius 3 is 2.50 bits per heavy atom. The number of carbonyl (C=O) groups is 1. The fraction of sp³-hybridized carbons (Fsp3) is 0.389. The van der Waals surface area contributed by atoms with Crippen LogP contribution in [-0.4, -0.2) is 40.2 Å². The Bertz CT molecular complexity index is 695. The molecule has 0 bridgehead atoms. The molecule has 4 heteroatoms. The molecule has 0 spiro atoms. The first-order chi connectivity index (χ1) is 10.7. The van der Waals surface area contributed by atoms with Crippen molar-refractivity contribution in [2.45, 2.75) is 0 Å². The second-order valence-electron chi connectivity index (χ2n) is 6.44. The van der Waals surface area contributed by atoms with Gasteiger partial charge in [0.15, 0.2) is 0 Å². The number of hydrogen-bond donors (Lipinski definition) is 1. The van der Waals surface area contributed by atoms with E-state index in [-0.39, 0.29) is 12.5 Å². The number of aryl methyl sites for hydroxylation is 1. The molecule has 1 aromatic carbocycles. The summed E-state index contributed by atoms with van der Waals surface area (Å²) in [5.74, 6) is 1.56. The summed E-state index contributed by atoms with van der Waals surface area (Å²) in [6, 6.07) is 12.0. The number of nitrogens with zero attached hydrogens (tertiary/aromatic N) is 2. The van der Waals surface area contributed by atoms with Crippen molar-refractivity contribution >= 4 is 5.91 Å². The van der Waals surface area contributed by atoms with Gasteiger partial charge in [0.25, 0.3) is 5.91 Å². The number of rotatable bonds is 3. The lowest BCUT2D eigenvalue weighted by molar-refractivity contribution is 0.0761. The van der Waals surface area contributed by atoms with Crippen LogP contribution < -0.4 is 0 Å². The van der Waals surface area contributed by atoms with Crippen LogP contribution in [0.5, 0.6) is 0 Å². The second kappa shape index (κ2) is 4.99. The summed E-state index contributed by atoms with van der Waals surface area (Å²) >= 11 is 0. The maximum Gasteiger partial charge on any atom is 0.256 e. The van der Waals surface area contributed by atoms with Crippen molar-refractivity contribution in [1.82, 2.24) is 9.47 Å². The average Bonchev–Trinajstić information content (AvgIpc) is 2.89. The van der Waals surface area contributed by atoms with Crippen LogP contribution in [0.1, 0.15) is 10.4 Å². The predicted octanol–water partition coefficient (Wildman–Crippen LogP) is 2.00. The summed E-state index contributed by atoms with van der Waals surface area (Å²) < 4.78 is 2.01. The predicted molar refractivity (Wildman–Crippen MR) is 84.3 cm³/mol. The third-order valence-electron chi connectivity index (χ3n) is 5.22. The van der Waals surface area contributed by atoms with Gasteiger partial charge in [-0.25, -0.2) is 0 Å². The van der Waals surface area contributed by atoms with Gasteiger partial charge in [-0.1, -0.05) is 30.3 Å². The summed E-state index contributed by atoms with van der Waals surface area (Å²) in [5, 5.41) is 9.24. The topological polar surface area (TPSA) is 45.5 Å². The van der Waals surface area contributed by atoms with Crippen LogP contribution in [0.2, 0.25) is 0 Å². The molecule has 2 heterocycles. The normalized spacial score (nSPS) is 26.1. The molecule has 3 atom stereocenters. The van der Waals surface area contributed by atoms with Gasteiger partial charge in [-0.2, -0.15) is 0 Å². The number of aromatic nitrogens is 1. The standard InChI is InChI=1S/C18H20N2O2/c1-19-8-7-13(17(19)12-5-3-2-4-6-12)18(22)20-9-14-15(10-20)16(14)11-21/h2-8,14-16,21H,9-11H2,1H3/t14-,15+,16?. The van der Waals surface area contributed by atoms with E-state index in [4.69, 9.17) is 0 Å². The highest BCUT2D eigenvalue weighted by molar-refractivity contribution is 6.00. The fourth-order valence-corrected chi connectivity index (χ4v) is 3.91. The third-order valence-corrected chi connectivity index (χ3v) is 5.22. The van der Waals surface area contributed by atoms with E-state index in [0.717, 1.165) is 29.9 Å². The molecule has 4 rings (SSSR count). The lowest BCUT2D eigenvalue weighted by Crippen LogP contribution is -2.32. The van der Waals surface area contributed by atoms with E-state index < -0.39 is 0 Å². The van der Waals surface area contributed by atoms with Crippen LogP contribution in [0.15, 0.2) is 42.6 Å². The molecule has 2 aliphatic rings. The summed E-state index contributed by atoms with van der Waals surface area (Å²) in [4.78, 5) is 14.8. The van der Waals surface area contributed by atoms with Crippen molar-refractivity contribution in [2.24, 2.45) is 24.8 Å². The van der Waals surface area contributed by atoms with Crippen LogP contribution >= 0.6 is 0 Å². The third kappa shape index (κ3) is 1.98. The van der Waals surface area contributed by atoms with E-state index in [1.54, 1.807) is 0 Å². The van der Waals surface area contributed by atoms with Crippen molar-refractivity contribution < 1.29 is 9.90 Å². The molecule has 0 radical (unpaired) electrons. The minimum absolute atomic E-state index is 0.114. The molecule has 1 amide bonds. The van der Waals surface area contributed by atoms with Gasteiger partial charge in [0.2, 0.25) is 0 Å². The van der Waals surface area contributed by atoms with E-state index >= 15 is 0 Å². The molecule has 1 saturated heterocycles. The number of benzene rings is 1. The van der Waals surface area contributed by atoms with Crippen molar-refractivity contribution in [3.8, 4) is 11.3 Å². The Balaban J connectivity index is 1.60. The lowest BCUT2D eigenvalue weighted by atomic mass is 10.1. The Hall–Kier alpha value is -2.07. The number of fused-ring (bicyclic) bond motifs is 1. The van der Waals surface area contributed by atoms with Crippen molar-refractivity contribution in [3.63, 3.8) is 0 Å². The number of carbonyl (C=O) groups excluding carboxylic acids is 1. The highest BCUT2D eigenvalue weighted by Crippen LogP contribution is 2.51. The van der Waals surface area contributed by atoms with E-state index in [9.17, 15) is 9.90 Å². The Morgan fingerprint density at radius 2 is 1.86 bits per heavy atom. The van der Waals surface area contributed by atoms with Crippen LogP contribution in [0.3, 0.4) is 0 Å². The van der Waals surface area contributed by atoms with Crippen LogP contribution in [0.25, 0.3) is 11.3 Å². The fourth-order valence-electron chi connectivity index (χ4n) is 3.91. The summed E-state index contributed by atoms with van der Waals surface area (Å²) in [6.45, 7) is 1.84. The van der Waals surface area contributed by atoms with Gasteiger partial charge < -0.3 is 14.6 Å². The minimum atomic E-state index is 0.114. The quantitative estimate of drug-likeness (QED) is 0.941. The molecule has 2 fully saturated rings. The monoisotopic (exact) mass is 296 g/mol. The van der Waals surface area contributed by atoms with Gasteiger partial charge in [-0.05, 0) is 29.4 Å². The largest absolute Gasteiger partial charge is 0.396 e. The van der Waals surface area contributed by atoms with Gasteiger partial charge in [-0.15, -0.1) is 0 Å². The first-order valence-corrected chi connectivity index (χ1v) is 7.81.